The van der Waals surface area contributed by atoms with E-state index in [1.54, 1.807) is 12.1 Å². The van der Waals surface area contributed by atoms with Gasteiger partial charge < -0.3 is 5.32 Å². The van der Waals surface area contributed by atoms with Crippen LogP contribution >= 0.6 is 11.8 Å². The van der Waals surface area contributed by atoms with E-state index in [9.17, 15) is 10.1 Å². The third kappa shape index (κ3) is 3.74. The molecule has 3 aromatic carbocycles. The van der Waals surface area contributed by atoms with Crippen LogP contribution in [0.25, 0.3) is 0 Å². The van der Waals surface area contributed by atoms with Gasteiger partial charge in [0.25, 0.3) is 5.69 Å². The molecule has 31 heavy (non-hydrogen) atoms. The number of nitrogens with zero attached hydrogens (tertiary/aromatic N) is 1. The highest BCUT2D eigenvalue weighted by Gasteiger charge is 2.40. The molecule has 5 heteroatoms. The highest BCUT2D eigenvalue weighted by molar-refractivity contribution is 7.98. The van der Waals surface area contributed by atoms with Crippen LogP contribution in [0.15, 0.2) is 83.8 Å². The molecule has 1 N–H and O–H groups in total. The average molecular weight is 429 g/mol. The lowest BCUT2D eigenvalue weighted by Crippen LogP contribution is -2.30. The molecule has 0 aromatic heterocycles. The van der Waals surface area contributed by atoms with Crippen LogP contribution in [0, 0.1) is 23.0 Å². The zero-order valence-corrected chi connectivity index (χ0v) is 18.1. The van der Waals surface area contributed by atoms with Gasteiger partial charge in [-0.2, -0.15) is 0 Å². The predicted octanol–water partition coefficient (Wildman–Crippen LogP) is 7.02. The summed E-state index contributed by atoms with van der Waals surface area (Å²) in [7, 11) is 0. The van der Waals surface area contributed by atoms with Crippen molar-refractivity contribution in [3.8, 4) is 0 Å². The van der Waals surface area contributed by atoms with E-state index in [1.807, 2.05) is 30.0 Å². The zero-order chi connectivity index (χ0) is 21.4. The van der Waals surface area contributed by atoms with Gasteiger partial charge in [0.2, 0.25) is 0 Å². The summed E-state index contributed by atoms with van der Waals surface area (Å²) >= 11 is 1.85. The Morgan fingerprint density at radius 3 is 2.65 bits per heavy atom. The van der Waals surface area contributed by atoms with E-state index in [1.165, 1.54) is 21.6 Å². The van der Waals surface area contributed by atoms with Gasteiger partial charge in [-0.05, 0) is 48.1 Å². The Labute approximate surface area is 186 Å². The predicted molar refractivity (Wildman–Crippen MR) is 127 cm³/mol. The number of aryl methyl sites for hydroxylation is 1. The second kappa shape index (κ2) is 8.23. The summed E-state index contributed by atoms with van der Waals surface area (Å²) in [5, 5.41) is 15.4. The second-order valence-electron chi connectivity index (χ2n) is 8.27. The smallest absolute Gasteiger partial charge is 0.274 e. The van der Waals surface area contributed by atoms with E-state index in [-0.39, 0.29) is 28.5 Å². The molecule has 1 heterocycles. The quantitative estimate of drug-likeness (QED) is 0.205. The van der Waals surface area contributed by atoms with Crippen molar-refractivity contribution in [2.75, 3.05) is 5.32 Å². The molecular formula is C26H24N2O2S. The number of nitro benzene ring substituents is 1. The lowest BCUT2D eigenvalue weighted by Gasteiger charge is -2.38. The van der Waals surface area contributed by atoms with Crippen LogP contribution in [0.2, 0.25) is 0 Å². The lowest BCUT2D eigenvalue weighted by molar-refractivity contribution is -0.385. The Morgan fingerprint density at radius 1 is 1.06 bits per heavy atom. The number of para-hydroxylation sites is 1. The summed E-state index contributed by atoms with van der Waals surface area (Å²) in [5.41, 5.74) is 5.93. The first kappa shape index (κ1) is 19.9. The van der Waals surface area contributed by atoms with Gasteiger partial charge in [-0.15, -0.1) is 11.8 Å². The monoisotopic (exact) mass is 428 g/mol. The topological polar surface area (TPSA) is 55.2 Å². The van der Waals surface area contributed by atoms with Gasteiger partial charge in [0.1, 0.15) is 0 Å². The molecule has 0 spiro atoms. The third-order valence-electron chi connectivity index (χ3n) is 6.34. The van der Waals surface area contributed by atoms with E-state index in [0.29, 0.717) is 0 Å². The molecule has 5 rings (SSSR count). The number of fused-ring (bicyclic) bond motifs is 3. The standard InChI is InChI=1S/C26H24N2O2S/c1-17-14-18(16-31-19-8-3-2-4-9-19)15-23-20-11-7-12-21(20)26(27-25(17)23)22-10-5-6-13-24(22)28(29)30/h2-11,13-15,20-21,26-27H,12,16H2,1H3/t20-,21-,26-/m0/s1. The van der Waals surface area contributed by atoms with Gasteiger partial charge in [0.05, 0.1) is 16.5 Å². The molecule has 156 valence electrons. The second-order valence-corrected chi connectivity index (χ2v) is 9.32. The number of nitrogens with one attached hydrogen (secondary N) is 1. The molecule has 2 aliphatic rings. The molecule has 0 bridgehead atoms. The maximum absolute atomic E-state index is 11.7. The van der Waals surface area contributed by atoms with Crippen LogP contribution in [0.4, 0.5) is 11.4 Å². The number of thioether (sulfide) groups is 1. The van der Waals surface area contributed by atoms with E-state index >= 15 is 0 Å². The summed E-state index contributed by atoms with van der Waals surface area (Å²) in [6.45, 7) is 2.14. The highest BCUT2D eigenvalue weighted by atomic mass is 32.2. The van der Waals surface area contributed by atoms with E-state index < -0.39 is 0 Å². The third-order valence-corrected chi connectivity index (χ3v) is 7.43. The highest BCUT2D eigenvalue weighted by Crippen LogP contribution is 2.52. The van der Waals surface area contributed by atoms with Gasteiger partial charge in [0.15, 0.2) is 0 Å². The van der Waals surface area contributed by atoms with Crippen molar-refractivity contribution in [2.45, 2.75) is 36.0 Å². The molecule has 0 unspecified atom stereocenters. The van der Waals surface area contributed by atoms with Gasteiger partial charge in [-0.3, -0.25) is 10.1 Å². The minimum absolute atomic E-state index is 0.0719. The fourth-order valence-corrected chi connectivity index (χ4v) is 5.80. The molecule has 3 aromatic rings. The minimum Gasteiger partial charge on any atom is -0.377 e. The number of rotatable bonds is 5. The summed E-state index contributed by atoms with van der Waals surface area (Å²) in [6.07, 6.45) is 5.45. The van der Waals surface area contributed by atoms with Crippen molar-refractivity contribution >= 4 is 23.1 Å². The first-order chi connectivity index (χ1) is 15.1. The van der Waals surface area contributed by atoms with Crippen molar-refractivity contribution in [2.24, 2.45) is 5.92 Å². The number of benzene rings is 3. The fourth-order valence-electron chi connectivity index (χ4n) is 4.96. The van der Waals surface area contributed by atoms with Crippen molar-refractivity contribution < 1.29 is 4.92 Å². The van der Waals surface area contributed by atoms with E-state index in [4.69, 9.17) is 0 Å². The molecule has 0 fully saturated rings. The molecular weight excluding hydrogens is 404 g/mol. The Morgan fingerprint density at radius 2 is 1.84 bits per heavy atom. The summed E-state index contributed by atoms with van der Waals surface area (Å²) in [5.74, 6) is 1.48. The first-order valence-corrected chi connectivity index (χ1v) is 11.6. The molecule has 3 atom stereocenters. The maximum atomic E-state index is 11.7. The molecule has 1 aliphatic heterocycles. The van der Waals surface area contributed by atoms with Crippen molar-refractivity contribution in [3.05, 3.63) is 111 Å². The Kier molecular flexibility index (Phi) is 5.28. The first-order valence-electron chi connectivity index (χ1n) is 10.6. The van der Waals surface area contributed by atoms with Crippen molar-refractivity contribution in [1.82, 2.24) is 0 Å². The van der Waals surface area contributed by atoms with Crippen LogP contribution in [0.3, 0.4) is 0 Å². The van der Waals surface area contributed by atoms with Gasteiger partial charge in [-0.25, -0.2) is 0 Å². The fraction of sp³-hybridized carbons (Fsp3) is 0.231. The average Bonchev–Trinajstić information content (AvgIpc) is 3.28. The molecule has 0 saturated carbocycles. The molecule has 0 amide bonds. The van der Waals surface area contributed by atoms with Crippen LogP contribution in [-0.4, -0.2) is 4.92 Å². The normalized spacial score (nSPS) is 21.3. The number of hydrogen-bond donors (Lipinski definition) is 1. The Hall–Kier alpha value is -3.05. The Bertz CT molecular complexity index is 1160. The summed E-state index contributed by atoms with van der Waals surface area (Å²) in [4.78, 5) is 12.7. The summed E-state index contributed by atoms with van der Waals surface area (Å²) in [6, 6.07) is 22.1. The lowest BCUT2D eigenvalue weighted by atomic mass is 9.75. The van der Waals surface area contributed by atoms with E-state index in [0.717, 1.165) is 23.4 Å². The number of allylic oxidation sites excluding steroid dienone is 2. The van der Waals surface area contributed by atoms with Gasteiger partial charge >= 0.3 is 0 Å². The number of hydrogen-bond acceptors (Lipinski definition) is 4. The largest absolute Gasteiger partial charge is 0.377 e. The van der Waals surface area contributed by atoms with Crippen LogP contribution < -0.4 is 5.32 Å². The number of anilines is 1. The van der Waals surface area contributed by atoms with E-state index in [2.05, 4.69) is 60.8 Å². The van der Waals surface area contributed by atoms with Crippen molar-refractivity contribution in [1.29, 1.82) is 0 Å². The van der Waals surface area contributed by atoms with Crippen LogP contribution in [0.1, 0.15) is 40.6 Å². The Balaban J connectivity index is 1.49. The molecule has 1 aliphatic carbocycles. The summed E-state index contributed by atoms with van der Waals surface area (Å²) < 4.78 is 0. The molecule has 4 nitrogen and oxygen atoms in total. The molecule has 0 radical (unpaired) electrons. The maximum Gasteiger partial charge on any atom is 0.274 e. The molecule has 0 saturated heterocycles. The zero-order valence-electron chi connectivity index (χ0n) is 17.3. The van der Waals surface area contributed by atoms with Crippen LogP contribution in [0.5, 0.6) is 0 Å². The van der Waals surface area contributed by atoms with Crippen molar-refractivity contribution in [3.63, 3.8) is 0 Å². The number of nitro groups is 1. The SMILES string of the molecule is Cc1cc(CSc2ccccc2)cc2c1N[C@H](c1ccccc1[N+](=O)[O-])[C@H]1CC=C[C@H]21. The van der Waals surface area contributed by atoms with Gasteiger partial charge in [-0.1, -0.05) is 60.7 Å². The van der Waals surface area contributed by atoms with Gasteiger partial charge in [0, 0.05) is 28.3 Å². The van der Waals surface area contributed by atoms with Crippen LogP contribution in [-0.2, 0) is 5.75 Å². The minimum atomic E-state index is -0.263.